The van der Waals surface area contributed by atoms with E-state index in [2.05, 4.69) is 9.97 Å². The Balaban J connectivity index is 0.000000429. The fraction of sp³-hybridized carbons (Fsp3) is 0.333. The van der Waals surface area contributed by atoms with Gasteiger partial charge in [-0.1, -0.05) is 23.2 Å². The van der Waals surface area contributed by atoms with Gasteiger partial charge in [0.05, 0.1) is 23.9 Å². The number of amides is 1. The van der Waals surface area contributed by atoms with Crippen LogP contribution in [0.1, 0.15) is 21.7 Å². The number of alkyl halides is 3. The fourth-order valence-corrected chi connectivity index (χ4v) is 3.90. The Kier molecular flexibility index (Phi) is 8.21. The summed E-state index contributed by atoms with van der Waals surface area (Å²) in [5.74, 6) is -2.48. The number of nitrogens with zero attached hydrogens (tertiary/aromatic N) is 4. The van der Waals surface area contributed by atoms with Gasteiger partial charge in [0.1, 0.15) is 5.69 Å². The molecule has 14 heteroatoms. The topological polar surface area (TPSA) is 123 Å². The highest BCUT2D eigenvalue weighted by Crippen LogP contribution is 2.34. The van der Waals surface area contributed by atoms with E-state index in [1.165, 1.54) is 0 Å². The number of nitrogens with two attached hydrogens (primary N) is 1. The van der Waals surface area contributed by atoms with Crippen molar-refractivity contribution in [3.8, 4) is 11.3 Å². The van der Waals surface area contributed by atoms with Crippen LogP contribution in [0.25, 0.3) is 17.0 Å². The van der Waals surface area contributed by atoms with Crippen LogP contribution in [0.5, 0.6) is 0 Å². The van der Waals surface area contributed by atoms with Crippen molar-refractivity contribution >= 4 is 40.9 Å². The molecule has 1 saturated heterocycles. The number of carboxylic acid groups (broad SMARTS) is 1. The summed E-state index contributed by atoms with van der Waals surface area (Å²) in [6, 6.07) is 5.28. The van der Waals surface area contributed by atoms with Crippen LogP contribution in [0.3, 0.4) is 0 Å². The van der Waals surface area contributed by atoms with E-state index in [4.69, 9.17) is 43.6 Å². The molecule has 0 atom stereocenters. The Morgan fingerprint density at radius 2 is 1.83 bits per heavy atom. The van der Waals surface area contributed by atoms with Crippen molar-refractivity contribution in [2.24, 2.45) is 5.73 Å². The van der Waals surface area contributed by atoms with Crippen molar-refractivity contribution in [2.45, 2.75) is 19.6 Å². The Labute approximate surface area is 207 Å². The minimum absolute atomic E-state index is 0.145. The summed E-state index contributed by atoms with van der Waals surface area (Å²) >= 11 is 12.5. The number of ether oxygens (including phenoxy) is 1. The number of carbonyl (C=O) groups is 2. The molecule has 0 radical (unpaired) electrons. The van der Waals surface area contributed by atoms with Gasteiger partial charge in [-0.25, -0.2) is 14.8 Å². The van der Waals surface area contributed by atoms with Crippen LogP contribution in [0.15, 0.2) is 24.4 Å². The van der Waals surface area contributed by atoms with Gasteiger partial charge < -0.3 is 20.5 Å². The van der Waals surface area contributed by atoms with E-state index in [-0.39, 0.29) is 12.5 Å². The number of aromatic nitrogens is 3. The van der Waals surface area contributed by atoms with Crippen LogP contribution in [-0.4, -0.2) is 68.7 Å². The molecule has 9 nitrogen and oxygen atoms in total. The molecule has 1 amide bonds. The number of hydrogen-bond acceptors (Lipinski definition) is 6. The Bertz CT molecular complexity index is 1260. The molecule has 35 heavy (non-hydrogen) atoms. The quantitative estimate of drug-likeness (QED) is 0.527. The van der Waals surface area contributed by atoms with Gasteiger partial charge in [-0.3, -0.25) is 9.20 Å². The first-order chi connectivity index (χ1) is 16.4. The maximum atomic E-state index is 12.9. The van der Waals surface area contributed by atoms with Crippen LogP contribution < -0.4 is 5.73 Å². The van der Waals surface area contributed by atoms with Crippen molar-refractivity contribution in [3.05, 3.63) is 51.4 Å². The third-order valence-corrected chi connectivity index (χ3v) is 5.62. The average molecular weight is 534 g/mol. The van der Waals surface area contributed by atoms with Crippen molar-refractivity contribution in [1.29, 1.82) is 0 Å². The molecule has 1 aromatic carbocycles. The summed E-state index contributed by atoms with van der Waals surface area (Å²) in [5.41, 5.74) is 9.43. The third-order valence-electron chi connectivity index (χ3n) is 5.07. The van der Waals surface area contributed by atoms with E-state index in [0.717, 1.165) is 22.5 Å². The van der Waals surface area contributed by atoms with Gasteiger partial charge in [-0.2, -0.15) is 13.2 Å². The first-order valence-corrected chi connectivity index (χ1v) is 10.9. The highest BCUT2D eigenvalue weighted by molar-refractivity contribution is 6.36. The predicted octanol–water partition coefficient (Wildman–Crippen LogP) is 3.58. The Morgan fingerprint density at radius 1 is 1.20 bits per heavy atom. The van der Waals surface area contributed by atoms with Gasteiger partial charge in [0.2, 0.25) is 5.78 Å². The van der Waals surface area contributed by atoms with Crippen molar-refractivity contribution < 1.29 is 32.6 Å². The maximum absolute atomic E-state index is 12.9. The second-order valence-corrected chi connectivity index (χ2v) is 8.20. The number of imidazole rings is 1. The number of halogens is 5. The van der Waals surface area contributed by atoms with Crippen LogP contribution >= 0.6 is 23.2 Å². The lowest BCUT2D eigenvalue weighted by molar-refractivity contribution is -0.192. The van der Waals surface area contributed by atoms with Gasteiger partial charge in [0, 0.05) is 47.7 Å². The van der Waals surface area contributed by atoms with E-state index in [0.29, 0.717) is 47.8 Å². The molecule has 3 aromatic rings. The average Bonchev–Trinajstić information content (AvgIpc) is 3.22. The number of morpholine rings is 1. The molecule has 2 aromatic heterocycles. The normalized spacial score (nSPS) is 14.0. The summed E-state index contributed by atoms with van der Waals surface area (Å²) < 4.78 is 38.8. The zero-order valence-electron chi connectivity index (χ0n) is 18.3. The van der Waals surface area contributed by atoms with E-state index >= 15 is 0 Å². The van der Waals surface area contributed by atoms with E-state index in [9.17, 15) is 18.0 Å². The summed E-state index contributed by atoms with van der Waals surface area (Å²) in [5, 5.41) is 8.16. The molecule has 1 aliphatic heterocycles. The Hall–Kier alpha value is -2.93. The molecule has 4 rings (SSSR count). The standard InChI is InChI=1S/C19H19Cl2N5O2.C2HF3O2/c1-11-14(9-22)17(13-3-2-12(20)8-15(13)21)26-10-16(24-19(26)23-11)18(27)25-4-6-28-7-5-25;3-2(4,5)1(6)7/h2-3,8,10H,4-7,9,22H2,1H3;(H,6,7). The maximum Gasteiger partial charge on any atom is 0.490 e. The number of benzene rings is 1. The van der Waals surface area contributed by atoms with Crippen molar-refractivity contribution in [3.63, 3.8) is 0 Å². The van der Waals surface area contributed by atoms with E-state index in [1.54, 1.807) is 27.6 Å². The minimum atomic E-state index is -5.08. The van der Waals surface area contributed by atoms with Gasteiger partial charge in [-0.05, 0) is 25.1 Å². The van der Waals surface area contributed by atoms with Crippen molar-refractivity contribution in [1.82, 2.24) is 19.3 Å². The summed E-state index contributed by atoms with van der Waals surface area (Å²) in [6.07, 6.45) is -3.39. The van der Waals surface area contributed by atoms with Gasteiger partial charge in [0.15, 0.2) is 0 Å². The molecular formula is C21H20Cl2F3N5O4. The number of hydrogen-bond donors (Lipinski definition) is 2. The first-order valence-electron chi connectivity index (χ1n) is 10.1. The van der Waals surface area contributed by atoms with Crippen LogP contribution in [0.2, 0.25) is 10.0 Å². The second kappa shape index (κ2) is 10.8. The zero-order chi connectivity index (χ0) is 25.9. The molecule has 188 valence electrons. The summed E-state index contributed by atoms with van der Waals surface area (Å²) in [4.78, 5) is 32.5. The molecule has 0 saturated carbocycles. The van der Waals surface area contributed by atoms with Crippen LogP contribution in [-0.2, 0) is 16.1 Å². The first kappa shape index (κ1) is 26.7. The minimum Gasteiger partial charge on any atom is -0.475 e. The molecule has 1 aliphatic rings. The summed E-state index contributed by atoms with van der Waals surface area (Å²) in [7, 11) is 0. The third kappa shape index (κ3) is 6.01. The van der Waals surface area contributed by atoms with Crippen LogP contribution in [0.4, 0.5) is 13.2 Å². The van der Waals surface area contributed by atoms with Gasteiger partial charge in [0.25, 0.3) is 5.91 Å². The molecule has 1 fully saturated rings. The predicted molar refractivity (Wildman–Crippen MR) is 121 cm³/mol. The lowest BCUT2D eigenvalue weighted by atomic mass is 10.0. The smallest absolute Gasteiger partial charge is 0.475 e. The van der Waals surface area contributed by atoms with Crippen LogP contribution in [0, 0.1) is 6.92 Å². The lowest BCUT2D eigenvalue weighted by Crippen LogP contribution is -2.40. The highest BCUT2D eigenvalue weighted by Gasteiger charge is 2.38. The van der Waals surface area contributed by atoms with Gasteiger partial charge in [-0.15, -0.1) is 0 Å². The van der Waals surface area contributed by atoms with Gasteiger partial charge >= 0.3 is 12.1 Å². The number of fused-ring (bicyclic) bond motifs is 1. The number of aryl methyl sites for hydroxylation is 1. The molecule has 3 N–H and O–H groups in total. The molecule has 0 bridgehead atoms. The molecule has 3 heterocycles. The van der Waals surface area contributed by atoms with E-state index < -0.39 is 12.1 Å². The van der Waals surface area contributed by atoms with E-state index in [1.807, 2.05) is 13.0 Å². The molecular weight excluding hydrogens is 514 g/mol. The monoisotopic (exact) mass is 533 g/mol. The Morgan fingerprint density at radius 3 is 2.37 bits per heavy atom. The largest absolute Gasteiger partial charge is 0.490 e. The lowest BCUT2D eigenvalue weighted by Gasteiger charge is -2.25. The molecule has 0 spiro atoms. The SMILES string of the molecule is Cc1nc2nc(C(=O)N3CCOCC3)cn2c(-c2ccc(Cl)cc2Cl)c1CN.O=C(O)C(F)(F)F. The summed E-state index contributed by atoms with van der Waals surface area (Å²) in [6.45, 7) is 4.28. The molecule has 0 unspecified atom stereocenters. The zero-order valence-corrected chi connectivity index (χ0v) is 19.8. The second-order valence-electron chi connectivity index (χ2n) is 7.36. The fourth-order valence-electron chi connectivity index (χ4n) is 3.40. The number of carboxylic acids is 1. The van der Waals surface area contributed by atoms with Crippen molar-refractivity contribution in [2.75, 3.05) is 26.3 Å². The molecule has 0 aliphatic carbocycles. The highest BCUT2D eigenvalue weighted by atomic mass is 35.5. The number of aliphatic carboxylic acids is 1. The number of rotatable bonds is 3. The number of carbonyl (C=O) groups excluding carboxylic acids is 1.